The Labute approximate surface area is 336 Å². The fourth-order valence-electron chi connectivity index (χ4n) is 9.95. The molecule has 0 spiro atoms. The van der Waals surface area contributed by atoms with Crippen molar-refractivity contribution >= 4 is 43.7 Å². The first-order valence-corrected chi connectivity index (χ1v) is 20.1. The van der Waals surface area contributed by atoms with Gasteiger partial charge in [0.05, 0.1) is 22.4 Å². The van der Waals surface area contributed by atoms with Crippen molar-refractivity contribution in [3.05, 3.63) is 205 Å². The van der Waals surface area contributed by atoms with Crippen LogP contribution in [0.25, 0.3) is 99.9 Å². The number of hydrogen-bond donors (Lipinski definition) is 0. The molecule has 3 heterocycles. The first kappa shape index (κ1) is 32.8. The molecule has 0 bridgehead atoms. The number of benzene rings is 8. The van der Waals surface area contributed by atoms with Gasteiger partial charge in [0.25, 0.3) is 0 Å². The quantitative estimate of drug-likeness (QED) is 0.172. The van der Waals surface area contributed by atoms with Crippen LogP contribution < -0.4 is 0 Å². The summed E-state index contributed by atoms with van der Waals surface area (Å²) in [4.78, 5) is 0. The maximum Gasteiger partial charge on any atom is 0.137 e. The van der Waals surface area contributed by atoms with E-state index in [0.717, 1.165) is 55.7 Å². The normalized spacial score (nSPS) is 13.1. The smallest absolute Gasteiger partial charge is 0.137 e. The van der Waals surface area contributed by atoms with E-state index < -0.39 is 0 Å². The van der Waals surface area contributed by atoms with E-state index >= 15 is 0 Å². The molecule has 1 aliphatic carbocycles. The number of para-hydroxylation sites is 3. The van der Waals surface area contributed by atoms with Gasteiger partial charge in [0.15, 0.2) is 0 Å². The minimum Gasteiger partial charge on any atom is -0.456 e. The summed E-state index contributed by atoms with van der Waals surface area (Å²) in [6.07, 6.45) is 0. The highest BCUT2D eigenvalue weighted by Gasteiger charge is 2.36. The standard InChI is InChI=1S/C55H38N2O/c1-55(2)45-25-13-9-21-39(45)40-31-29-37(33-46(40)55)56-47-26-14-10-23-43(47)51(53(56)35-17-5-3-6-18-35)52-44-24-11-15-27-48(44)57(54(52)36-19-7-4-8-20-36)38-30-32-42-41-22-12-16-28-49(41)58-50(42)34-38/h3-34H,1-2H3. The lowest BCUT2D eigenvalue weighted by atomic mass is 9.82. The third-order valence-corrected chi connectivity index (χ3v) is 12.5. The van der Waals surface area contributed by atoms with Crippen LogP contribution in [0.5, 0.6) is 0 Å². The van der Waals surface area contributed by atoms with E-state index in [0.29, 0.717) is 0 Å². The van der Waals surface area contributed by atoms with Gasteiger partial charge >= 0.3 is 0 Å². The second-order valence-corrected chi connectivity index (χ2v) is 16.1. The predicted octanol–water partition coefficient (Wildman–Crippen LogP) is 14.8. The van der Waals surface area contributed by atoms with Crippen molar-refractivity contribution in [2.24, 2.45) is 0 Å². The molecule has 58 heavy (non-hydrogen) atoms. The van der Waals surface area contributed by atoms with Gasteiger partial charge in [0.1, 0.15) is 11.2 Å². The second-order valence-electron chi connectivity index (χ2n) is 16.1. The van der Waals surface area contributed by atoms with Crippen molar-refractivity contribution in [1.82, 2.24) is 9.13 Å². The SMILES string of the molecule is CC1(C)c2ccccc2-c2ccc(-n3c(-c4ccccc4)c(-c4c(-c5ccccc5)n(-c5ccc6c(c5)oc5ccccc56)c5ccccc45)c4ccccc43)cc21. The Bertz CT molecular complexity index is 3410. The van der Waals surface area contributed by atoms with E-state index in [9.17, 15) is 0 Å². The van der Waals surface area contributed by atoms with Crippen LogP contribution in [-0.4, -0.2) is 9.13 Å². The summed E-state index contributed by atoms with van der Waals surface area (Å²) >= 11 is 0. The van der Waals surface area contributed by atoms with Crippen LogP contribution in [0.4, 0.5) is 0 Å². The van der Waals surface area contributed by atoms with Gasteiger partial charge < -0.3 is 13.6 Å². The zero-order valence-corrected chi connectivity index (χ0v) is 32.3. The van der Waals surface area contributed by atoms with Crippen molar-refractivity contribution in [3.63, 3.8) is 0 Å². The van der Waals surface area contributed by atoms with E-state index in [-0.39, 0.29) is 5.41 Å². The Kier molecular flexibility index (Phi) is 6.98. The molecule has 0 atom stereocenters. The van der Waals surface area contributed by atoms with Gasteiger partial charge in [0.2, 0.25) is 0 Å². The van der Waals surface area contributed by atoms with Gasteiger partial charge in [0, 0.05) is 55.5 Å². The summed E-state index contributed by atoms with van der Waals surface area (Å²) in [7, 11) is 0. The molecule has 0 fully saturated rings. The van der Waals surface area contributed by atoms with Crippen molar-refractivity contribution in [2.75, 3.05) is 0 Å². The molecule has 1 aliphatic rings. The molecule has 0 unspecified atom stereocenters. The maximum absolute atomic E-state index is 6.50. The average molecular weight is 743 g/mol. The van der Waals surface area contributed by atoms with E-state index in [2.05, 4.69) is 211 Å². The fourth-order valence-corrected chi connectivity index (χ4v) is 9.95. The first-order valence-electron chi connectivity index (χ1n) is 20.1. The number of aromatic nitrogens is 2. The van der Waals surface area contributed by atoms with E-state index in [4.69, 9.17) is 4.42 Å². The number of furan rings is 1. The largest absolute Gasteiger partial charge is 0.456 e. The number of fused-ring (bicyclic) bond motifs is 8. The highest BCUT2D eigenvalue weighted by molar-refractivity contribution is 6.16. The van der Waals surface area contributed by atoms with Crippen LogP contribution in [0.3, 0.4) is 0 Å². The van der Waals surface area contributed by atoms with Gasteiger partial charge in [-0.15, -0.1) is 0 Å². The molecule has 8 aromatic carbocycles. The average Bonchev–Trinajstić information content (AvgIpc) is 3.99. The van der Waals surface area contributed by atoms with Crippen molar-refractivity contribution in [1.29, 1.82) is 0 Å². The summed E-state index contributed by atoms with van der Waals surface area (Å²) in [5, 5.41) is 4.64. The Morgan fingerprint density at radius 2 is 0.862 bits per heavy atom. The maximum atomic E-state index is 6.50. The lowest BCUT2D eigenvalue weighted by Crippen LogP contribution is -2.15. The number of hydrogen-bond acceptors (Lipinski definition) is 1. The zero-order chi connectivity index (χ0) is 38.5. The Morgan fingerprint density at radius 1 is 0.379 bits per heavy atom. The van der Waals surface area contributed by atoms with Gasteiger partial charge in [-0.3, -0.25) is 0 Å². The molecule has 0 aliphatic heterocycles. The van der Waals surface area contributed by atoms with Gasteiger partial charge in [-0.2, -0.15) is 0 Å². The Balaban J connectivity index is 1.21. The number of nitrogens with zero attached hydrogens (tertiary/aromatic N) is 2. The monoisotopic (exact) mass is 742 g/mol. The zero-order valence-electron chi connectivity index (χ0n) is 32.3. The molecule has 0 amide bonds. The Hall–Kier alpha value is -7.36. The van der Waals surface area contributed by atoms with Gasteiger partial charge in [-0.05, 0) is 75.8 Å². The van der Waals surface area contributed by atoms with Crippen LogP contribution >= 0.6 is 0 Å². The Morgan fingerprint density at radius 3 is 1.52 bits per heavy atom. The molecule has 3 nitrogen and oxygen atoms in total. The van der Waals surface area contributed by atoms with E-state index in [1.54, 1.807) is 0 Å². The van der Waals surface area contributed by atoms with Crippen molar-refractivity contribution in [3.8, 4) is 56.1 Å². The predicted molar refractivity (Wildman–Crippen MR) is 241 cm³/mol. The van der Waals surface area contributed by atoms with Crippen LogP contribution in [0.2, 0.25) is 0 Å². The highest BCUT2D eigenvalue weighted by Crippen LogP contribution is 2.53. The van der Waals surface area contributed by atoms with Crippen LogP contribution in [0, 0.1) is 0 Å². The number of rotatable bonds is 5. The topological polar surface area (TPSA) is 23.0 Å². The van der Waals surface area contributed by atoms with Crippen molar-refractivity contribution in [2.45, 2.75) is 19.3 Å². The molecule has 0 saturated carbocycles. The molecular formula is C55H38N2O. The van der Waals surface area contributed by atoms with Gasteiger partial charge in [-0.25, -0.2) is 0 Å². The summed E-state index contributed by atoms with van der Waals surface area (Å²) in [5.74, 6) is 0. The van der Waals surface area contributed by atoms with Crippen LogP contribution in [0.15, 0.2) is 199 Å². The lowest BCUT2D eigenvalue weighted by Gasteiger charge is -2.22. The molecule has 12 rings (SSSR count). The molecule has 0 radical (unpaired) electrons. The summed E-state index contributed by atoms with van der Waals surface area (Å²) < 4.78 is 11.5. The first-order chi connectivity index (χ1) is 28.6. The molecular weight excluding hydrogens is 705 g/mol. The molecule has 0 N–H and O–H groups in total. The van der Waals surface area contributed by atoms with E-state index in [1.807, 2.05) is 6.07 Å². The third-order valence-electron chi connectivity index (χ3n) is 12.5. The van der Waals surface area contributed by atoms with E-state index in [1.165, 1.54) is 55.4 Å². The van der Waals surface area contributed by atoms with Crippen LogP contribution in [0.1, 0.15) is 25.0 Å². The molecule has 3 aromatic heterocycles. The fraction of sp³-hybridized carbons (Fsp3) is 0.0545. The molecule has 11 aromatic rings. The van der Waals surface area contributed by atoms with Crippen molar-refractivity contribution < 1.29 is 4.42 Å². The molecule has 274 valence electrons. The van der Waals surface area contributed by atoms with Crippen LogP contribution in [-0.2, 0) is 5.41 Å². The summed E-state index contributed by atoms with van der Waals surface area (Å²) in [5.41, 5.74) is 18.6. The third kappa shape index (κ3) is 4.62. The molecule has 3 heteroatoms. The lowest BCUT2D eigenvalue weighted by molar-refractivity contribution is 0.660. The summed E-state index contributed by atoms with van der Waals surface area (Å²) in [6.45, 7) is 4.73. The van der Waals surface area contributed by atoms with Gasteiger partial charge in [-0.1, -0.05) is 159 Å². The minimum absolute atomic E-state index is 0.129. The summed E-state index contributed by atoms with van der Waals surface area (Å²) in [6, 6.07) is 70.7. The highest BCUT2D eigenvalue weighted by atomic mass is 16.3. The molecule has 0 saturated heterocycles. The second kappa shape index (κ2) is 12.3. The minimum atomic E-state index is -0.129.